The molecule has 1 fully saturated rings. The molecule has 106 valence electrons. The number of hydrogen-bond acceptors (Lipinski definition) is 5. The molecule has 0 aromatic carbocycles. The van der Waals surface area contributed by atoms with Crippen molar-refractivity contribution in [2.75, 3.05) is 18.1 Å². The van der Waals surface area contributed by atoms with Crippen LogP contribution in [0.4, 0.5) is 5.69 Å². The van der Waals surface area contributed by atoms with Gasteiger partial charge in [0, 0.05) is 12.5 Å². The second-order valence-corrected chi connectivity index (χ2v) is 5.58. The van der Waals surface area contributed by atoms with Gasteiger partial charge in [0.2, 0.25) is 0 Å². The molecule has 1 aromatic rings. The maximum Gasteiger partial charge on any atom is 0.131 e. The number of hydrogen-bond donors (Lipinski definition) is 2. The Bertz CT molecular complexity index is 437. The average molecular weight is 265 g/mol. The summed E-state index contributed by atoms with van der Waals surface area (Å²) >= 11 is 0. The molecule has 2 N–H and O–H groups in total. The summed E-state index contributed by atoms with van der Waals surface area (Å²) in [4.78, 5) is 10.9. The third-order valence-corrected chi connectivity index (χ3v) is 3.91. The molecule has 1 aromatic heterocycles. The van der Waals surface area contributed by atoms with Gasteiger partial charge in [-0.2, -0.15) is 0 Å². The van der Waals surface area contributed by atoms with Gasteiger partial charge < -0.3 is 15.1 Å². The van der Waals surface area contributed by atoms with Crippen molar-refractivity contribution in [2.45, 2.75) is 45.8 Å². The van der Waals surface area contributed by atoms with Gasteiger partial charge in [-0.05, 0) is 12.3 Å². The third kappa shape index (κ3) is 2.72. The zero-order valence-corrected chi connectivity index (χ0v) is 11.9. The van der Waals surface area contributed by atoms with Crippen LogP contribution in [0.3, 0.4) is 0 Å². The summed E-state index contributed by atoms with van der Waals surface area (Å²) in [6.07, 6.45) is 2.83. The van der Waals surface area contributed by atoms with Crippen molar-refractivity contribution in [3.05, 3.63) is 17.7 Å². The van der Waals surface area contributed by atoms with Crippen molar-refractivity contribution in [3.8, 4) is 0 Å². The highest BCUT2D eigenvalue weighted by Gasteiger charge is 2.32. The minimum absolute atomic E-state index is 0.0961. The van der Waals surface area contributed by atoms with Crippen LogP contribution < -0.4 is 4.90 Å². The highest BCUT2D eigenvalue weighted by atomic mass is 16.3. The van der Waals surface area contributed by atoms with Crippen LogP contribution in [0.5, 0.6) is 0 Å². The van der Waals surface area contributed by atoms with Crippen molar-refractivity contribution in [2.24, 2.45) is 5.92 Å². The van der Waals surface area contributed by atoms with Crippen molar-refractivity contribution in [1.29, 1.82) is 0 Å². The van der Waals surface area contributed by atoms with Gasteiger partial charge in [-0.1, -0.05) is 20.8 Å². The van der Waals surface area contributed by atoms with Gasteiger partial charge in [-0.25, -0.2) is 9.97 Å². The summed E-state index contributed by atoms with van der Waals surface area (Å²) in [5.74, 6) is 1.44. The predicted octanol–water partition coefficient (Wildman–Crippen LogP) is 1.30. The monoisotopic (exact) mass is 265 g/mol. The van der Waals surface area contributed by atoms with E-state index in [4.69, 9.17) is 0 Å². The van der Waals surface area contributed by atoms with Gasteiger partial charge in [-0.3, -0.25) is 0 Å². The van der Waals surface area contributed by atoms with E-state index >= 15 is 0 Å². The number of nitrogens with zero attached hydrogens (tertiary/aromatic N) is 3. The predicted molar refractivity (Wildman–Crippen MR) is 74.0 cm³/mol. The van der Waals surface area contributed by atoms with Crippen LogP contribution in [0, 0.1) is 5.92 Å². The van der Waals surface area contributed by atoms with Gasteiger partial charge in [0.25, 0.3) is 0 Å². The lowest BCUT2D eigenvalue weighted by atomic mass is 10.0. The Morgan fingerprint density at radius 3 is 2.74 bits per heavy atom. The van der Waals surface area contributed by atoms with Crippen molar-refractivity contribution >= 4 is 5.69 Å². The fourth-order valence-corrected chi connectivity index (χ4v) is 2.65. The van der Waals surface area contributed by atoms with Crippen LogP contribution in [0.25, 0.3) is 0 Å². The van der Waals surface area contributed by atoms with Gasteiger partial charge in [0.15, 0.2) is 0 Å². The molecule has 2 heterocycles. The molecular weight excluding hydrogens is 242 g/mol. The highest BCUT2D eigenvalue weighted by Crippen LogP contribution is 2.31. The summed E-state index contributed by atoms with van der Waals surface area (Å²) in [6, 6.07) is 0.0961. The van der Waals surface area contributed by atoms with Gasteiger partial charge in [0.1, 0.15) is 5.82 Å². The maximum absolute atomic E-state index is 9.53. The third-order valence-electron chi connectivity index (χ3n) is 3.91. The van der Waals surface area contributed by atoms with E-state index in [0.29, 0.717) is 11.6 Å². The average Bonchev–Trinajstić information content (AvgIpc) is 2.78. The van der Waals surface area contributed by atoms with Crippen LogP contribution >= 0.6 is 0 Å². The Kier molecular flexibility index (Phi) is 4.37. The van der Waals surface area contributed by atoms with Crippen LogP contribution in [0.1, 0.15) is 44.6 Å². The van der Waals surface area contributed by atoms with Crippen molar-refractivity contribution < 1.29 is 10.2 Å². The van der Waals surface area contributed by atoms with Crippen molar-refractivity contribution in [1.82, 2.24) is 9.97 Å². The Morgan fingerprint density at radius 2 is 2.16 bits per heavy atom. The molecular formula is C14H23N3O2. The van der Waals surface area contributed by atoms with Gasteiger partial charge in [-0.15, -0.1) is 0 Å². The van der Waals surface area contributed by atoms with Crippen LogP contribution in [-0.4, -0.2) is 39.4 Å². The zero-order chi connectivity index (χ0) is 14.0. The van der Waals surface area contributed by atoms with E-state index in [1.807, 2.05) is 13.8 Å². The summed E-state index contributed by atoms with van der Waals surface area (Å²) in [5, 5.41) is 19.1. The molecule has 1 saturated heterocycles. The molecule has 0 spiro atoms. The Hall–Kier alpha value is -1.20. The van der Waals surface area contributed by atoms with E-state index in [9.17, 15) is 10.2 Å². The first-order chi connectivity index (χ1) is 9.08. The maximum atomic E-state index is 9.53. The first-order valence-corrected chi connectivity index (χ1v) is 6.92. The fourth-order valence-electron chi connectivity index (χ4n) is 2.65. The largest absolute Gasteiger partial charge is 0.394 e. The number of aliphatic hydroxyl groups excluding tert-OH is 2. The SMILES string of the molecule is CC(C)c1ncc(N2CCC(C)C2CO)c(CO)n1. The molecule has 2 atom stereocenters. The quantitative estimate of drug-likeness (QED) is 0.858. The molecule has 0 saturated carbocycles. The molecule has 0 aliphatic carbocycles. The van der Waals surface area contributed by atoms with Gasteiger partial charge in [0.05, 0.1) is 36.8 Å². The highest BCUT2D eigenvalue weighted by molar-refractivity contribution is 5.51. The van der Waals surface area contributed by atoms with E-state index < -0.39 is 0 Å². The molecule has 1 aliphatic rings. The molecule has 5 nitrogen and oxygen atoms in total. The first kappa shape index (κ1) is 14.2. The van der Waals surface area contributed by atoms with Crippen LogP contribution in [0.15, 0.2) is 6.20 Å². The second-order valence-electron chi connectivity index (χ2n) is 5.58. The van der Waals surface area contributed by atoms with Crippen molar-refractivity contribution in [3.63, 3.8) is 0 Å². The summed E-state index contributed by atoms with van der Waals surface area (Å²) < 4.78 is 0. The summed E-state index contributed by atoms with van der Waals surface area (Å²) in [6.45, 7) is 7.11. The smallest absolute Gasteiger partial charge is 0.131 e. The molecule has 1 aliphatic heterocycles. The number of aromatic nitrogens is 2. The molecule has 0 amide bonds. The lowest BCUT2D eigenvalue weighted by Crippen LogP contribution is -2.36. The zero-order valence-electron chi connectivity index (χ0n) is 11.9. The fraction of sp³-hybridized carbons (Fsp3) is 0.714. The van der Waals surface area contributed by atoms with Crippen LogP contribution in [0.2, 0.25) is 0 Å². The van der Waals surface area contributed by atoms with Crippen LogP contribution in [-0.2, 0) is 6.61 Å². The standard InChI is InChI=1S/C14H23N3O2/c1-9(2)14-15-6-12(11(7-18)16-14)17-5-4-10(3)13(17)8-19/h6,9-10,13,18-19H,4-5,7-8H2,1-3H3. The normalized spacial score (nSPS) is 23.4. The van der Waals surface area contributed by atoms with E-state index in [2.05, 4.69) is 21.8 Å². The Balaban J connectivity index is 2.34. The van der Waals surface area contributed by atoms with E-state index in [0.717, 1.165) is 24.5 Å². The van der Waals surface area contributed by atoms with Gasteiger partial charge >= 0.3 is 0 Å². The second kappa shape index (κ2) is 5.84. The topological polar surface area (TPSA) is 69.5 Å². The van der Waals surface area contributed by atoms with E-state index in [1.54, 1.807) is 6.20 Å². The number of anilines is 1. The molecule has 2 rings (SSSR count). The minimum Gasteiger partial charge on any atom is -0.394 e. The lowest BCUT2D eigenvalue weighted by Gasteiger charge is -2.28. The minimum atomic E-state index is -0.0966. The summed E-state index contributed by atoms with van der Waals surface area (Å²) in [7, 11) is 0. The first-order valence-electron chi connectivity index (χ1n) is 6.92. The molecule has 0 radical (unpaired) electrons. The Labute approximate surface area is 114 Å². The van der Waals surface area contributed by atoms with E-state index in [1.165, 1.54) is 0 Å². The molecule has 2 unspecified atom stereocenters. The number of rotatable bonds is 4. The lowest BCUT2D eigenvalue weighted by molar-refractivity contribution is 0.243. The molecule has 19 heavy (non-hydrogen) atoms. The molecule has 0 bridgehead atoms. The molecule has 5 heteroatoms. The van der Waals surface area contributed by atoms with E-state index in [-0.39, 0.29) is 25.2 Å². The Morgan fingerprint density at radius 1 is 1.42 bits per heavy atom. The number of aliphatic hydroxyl groups is 2. The summed E-state index contributed by atoms with van der Waals surface area (Å²) in [5.41, 5.74) is 1.52.